The molecule has 15 heavy (non-hydrogen) atoms. The molecule has 0 atom stereocenters. The van der Waals surface area contributed by atoms with Gasteiger partial charge in [0.05, 0.1) is 13.2 Å². The minimum absolute atomic E-state index is 0.181. The maximum atomic E-state index is 11.8. The first-order chi connectivity index (χ1) is 7.10. The summed E-state index contributed by atoms with van der Waals surface area (Å²) in [7, 11) is -3.61. The van der Waals surface area contributed by atoms with Crippen molar-refractivity contribution in [1.82, 2.24) is 0 Å². The van der Waals surface area contributed by atoms with E-state index in [0.29, 0.717) is 0 Å². The summed E-state index contributed by atoms with van der Waals surface area (Å²) in [5.41, 5.74) is -0.621. The molecular formula is C10H17O4P. The Bertz CT molecular complexity index is 284. The van der Waals surface area contributed by atoms with Crippen LogP contribution in [0.4, 0.5) is 0 Å². The van der Waals surface area contributed by atoms with Crippen molar-refractivity contribution in [2.75, 3.05) is 13.2 Å². The Morgan fingerprint density at radius 3 is 2.13 bits per heavy atom. The molecule has 0 N–H and O–H groups in total. The van der Waals surface area contributed by atoms with Gasteiger partial charge in [0.25, 0.3) is 5.52 Å². The van der Waals surface area contributed by atoms with Crippen molar-refractivity contribution >= 4 is 13.1 Å². The topological polar surface area (TPSA) is 52.6 Å². The van der Waals surface area contributed by atoms with Crippen molar-refractivity contribution in [3.8, 4) is 0 Å². The second-order valence-electron chi connectivity index (χ2n) is 2.56. The molecule has 0 aliphatic rings. The largest absolute Gasteiger partial charge is 0.400 e. The fraction of sp³-hybridized carbons (Fsp3) is 0.500. The summed E-state index contributed by atoms with van der Waals surface area (Å²) in [6.45, 7) is 5.50. The molecule has 0 saturated carbocycles. The third-order valence-corrected chi connectivity index (χ3v) is 3.30. The monoisotopic (exact) mass is 232 g/mol. The number of allylic oxidation sites excluding steroid dienone is 4. The van der Waals surface area contributed by atoms with Crippen LogP contribution < -0.4 is 0 Å². The predicted octanol–water partition coefficient (Wildman–Crippen LogP) is 2.91. The van der Waals surface area contributed by atoms with Gasteiger partial charge in [0.1, 0.15) is 0 Å². The lowest BCUT2D eigenvalue weighted by Gasteiger charge is -2.12. The lowest BCUT2D eigenvalue weighted by atomic mass is 10.4. The predicted molar refractivity (Wildman–Crippen MR) is 59.8 cm³/mol. The first-order valence-corrected chi connectivity index (χ1v) is 6.38. The number of rotatable bonds is 7. The molecule has 0 unspecified atom stereocenters. The van der Waals surface area contributed by atoms with E-state index < -0.39 is 13.1 Å². The average Bonchev–Trinajstić information content (AvgIpc) is 2.18. The highest BCUT2D eigenvalue weighted by Gasteiger charge is 2.31. The molecule has 0 radical (unpaired) electrons. The van der Waals surface area contributed by atoms with Gasteiger partial charge in [0.15, 0.2) is 0 Å². The Morgan fingerprint density at radius 1 is 1.20 bits per heavy atom. The van der Waals surface area contributed by atoms with E-state index in [-0.39, 0.29) is 13.2 Å². The maximum Gasteiger partial charge on any atom is 0.400 e. The summed E-state index contributed by atoms with van der Waals surface area (Å²) < 4.78 is 21.6. The Labute approximate surface area is 90.5 Å². The van der Waals surface area contributed by atoms with E-state index >= 15 is 0 Å². The number of hydrogen-bond acceptors (Lipinski definition) is 4. The van der Waals surface area contributed by atoms with Crippen LogP contribution in [0.1, 0.15) is 20.8 Å². The quantitative estimate of drug-likeness (QED) is 0.384. The van der Waals surface area contributed by atoms with Crippen molar-refractivity contribution in [3.63, 3.8) is 0 Å². The van der Waals surface area contributed by atoms with Crippen LogP contribution in [-0.4, -0.2) is 18.7 Å². The van der Waals surface area contributed by atoms with E-state index in [1.165, 1.54) is 12.2 Å². The molecule has 0 aromatic heterocycles. The Kier molecular flexibility index (Phi) is 7.22. The minimum Gasteiger partial charge on any atom is -0.303 e. The van der Waals surface area contributed by atoms with Crippen molar-refractivity contribution in [2.24, 2.45) is 0 Å². The van der Waals surface area contributed by atoms with Crippen LogP contribution in [0.2, 0.25) is 0 Å². The van der Waals surface area contributed by atoms with E-state index in [1.54, 1.807) is 26.0 Å². The van der Waals surface area contributed by atoms with Crippen LogP contribution in [0.15, 0.2) is 24.3 Å². The first kappa shape index (κ1) is 14.3. The van der Waals surface area contributed by atoms with Gasteiger partial charge in [0.2, 0.25) is 0 Å². The molecule has 0 aliphatic heterocycles. The van der Waals surface area contributed by atoms with E-state index in [0.717, 1.165) is 0 Å². The molecule has 0 saturated heterocycles. The lowest BCUT2D eigenvalue weighted by molar-refractivity contribution is -0.109. The summed E-state index contributed by atoms with van der Waals surface area (Å²) >= 11 is 0. The molecule has 4 nitrogen and oxygen atoms in total. The molecule has 5 heteroatoms. The Balaban J connectivity index is 4.62. The van der Waals surface area contributed by atoms with Gasteiger partial charge in [-0.2, -0.15) is 0 Å². The number of hydrogen-bond donors (Lipinski definition) is 0. The highest BCUT2D eigenvalue weighted by Crippen LogP contribution is 2.49. The third-order valence-electron chi connectivity index (χ3n) is 1.41. The SMILES string of the molecule is C/C=C/C=C/C(=O)P(=O)(OCC)OCC. The average molecular weight is 232 g/mol. The fourth-order valence-corrected chi connectivity index (χ4v) is 2.12. The normalized spacial score (nSPS) is 12.7. The van der Waals surface area contributed by atoms with Gasteiger partial charge in [-0.3, -0.25) is 9.36 Å². The summed E-state index contributed by atoms with van der Waals surface area (Å²) in [5.74, 6) is 0. The highest BCUT2D eigenvalue weighted by molar-refractivity contribution is 7.72. The zero-order chi connectivity index (χ0) is 11.7. The molecule has 0 bridgehead atoms. The van der Waals surface area contributed by atoms with Crippen molar-refractivity contribution < 1.29 is 18.4 Å². The summed E-state index contributed by atoms with van der Waals surface area (Å²) in [6.07, 6.45) is 6.13. The van der Waals surface area contributed by atoms with Crippen LogP contribution in [0, 0.1) is 0 Å². The molecule has 0 aromatic carbocycles. The summed E-state index contributed by atoms with van der Waals surface area (Å²) in [4.78, 5) is 11.5. The molecular weight excluding hydrogens is 215 g/mol. The smallest absolute Gasteiger partial charge is 0.303 e. The van der Waals surface area contributed by atoms with Crippen molar-refractivity contribution in [1.29, 1.82) is 0 Å². The van der Waals surface area contributed by atoms with E-state index in [2.05, 4.69) is 0 Å². The van der Waals surface area contributed by atoms with E-state index in [1.807, 2.05) is 6.92 Å². The van der Waals surface area contributed by atoms with Crippen LogP contribution in [0.25, 0.3) is 0 Å². The van der Waals surface area contributed by atoms with Gasteiger partial charge in [-0.25, -0.2) is 0 Å². The second kappa shape index (κ2) is 7.57. The zero-order valence-electron chi connectivity index (χ0n) is 9.30. The van der Waals surface area contributed by atoms with Crippen molar-refractivity contribution in [3.05, 3.63) is 24.3 Å². The highest BCUT2D eigenvalue weighted by atomic mass is 31.2. The van der Waals surface area contributed by atoms with Crippen LogP contribution >= 0.6 is 7.60 Å². The van der Waals surface area contributed by atoms with Gasteiger partial charge < -0.3 is 9.05 Å². The van der Waals surface area contributed by atoms with Gasteiger partial charge in [-0.05, 0) is 26.8 Å². The zero-order valence-corrected chi connectivity index (χ0v) is 10.2. The standard InChI is InChI=1S/C10H17O4P/c1-4-7-8-9-10(11)15(12,13-5-2)14-6-3/h4,7-9H,5-6H2,1-3H3/b7-4+,9-8+. The van der Waals surface area contributed by atoms with Crippen LogP contribution in [-0.2, 0) is 18.4 Å². The van der Waals surface area contributed by atoms with Crippen LogP contribution in [0.3, 0.4) is 0 Å². The fourth-order valence-electron chi connectivity index (χ4n) is 0.845. The first-order valence-electron chi connectivity index (χ1n) is 4.83. The molecule has 86 valence electrons. The molecule has 0 aliphatic carbocycles. The Hall–Kier alpha value is -0.700. The summed E-state index contributed by atoms with van der Waals surface area (Å²) in [5, 5.41) is 0. The minimum atomic E-state index is -3.61. The lowest BCUT2D eigenvalue weighted by Crippen LogP contribution is -2.04. The van der Waals surface area contributed by atoms with E-state index in [9.17, 15) is 9.36 Å². The van der Waals surface area contributed by atoms with Gasteiger partial charge in [-0.15, -0.1) is 0 Å². The number of carbonyl (C=O) groups is 1. The molecule has 0 heterocycles. The maximum absolute atomic E-state index is 11.8. The molecule has 0 aromatic rings. The van der Waals surface area contributed by atoms with Gasteiger partial charge in [0, 0.05) is 0 Å². The van der Waals surface area contributed by atoms with Gasteiger partial charge in [-0.1, -0.05) is 18.2 Å². The molecule has 0 spiro atoms. The molecule has 0 amide bonds. The Morgan fingerprint density at radius 2 is 1.73 bits per heavy atom. The summed E-state index contributed by atoms with van der Waals surface area (Å²) in [6, 6.07) is 0. The third kappa shape index (κ3) is 5.07. The van der Waals surface area contributed by atoms with E-state index in [4.69, 9.17) is 9.05 Å². The van der Waals surface area contributed by atoms with Crippen LogP contribution in [0.5, 0.6) is 0 Å². The van der Waals surface area contributed by atoms with Gasteiger partial charge >= 0.3 is 7.60 Å². The number of carbonyl (C=O) groups excluding carboxylic acids is 1. The van der Waals surface area contributed by atoms with Crippen molar-refractivity contribution in [2.45, 2.75) is 20.8 Å². The molecule has 0 fully saturated rings. The second-order valence-corrected chi connectivity index (χ2v) is 4.51. The molecule has 0 rings (SSSR count).